The molecule has 154 valence electrons. The van der Waals surface area contributed by atoms with Gasteiger partial charge in [0, 0.05) is 11.6 Å². The number of ether oxygens (including phenoxy) is 2. The number of anilines is 1. The molecule has 29 heavy (non-hydrogen) atoms. The van der Waals surface area contributed by atoms with E-state index in [1.54, 1.807) is 24.3 Å². The van der Waals surface area contributed by atoms with Crippen LogP contribution in [0.5, 0.6) is 17.2 Å². The van der Waals surface area contributed by atoms with Gasteiger partial charge < -0.3 is 20.1 Å². The van der Waals surface area contributed by atoms with Crippen LogP contribution in [0.15, 0.2) is 48.5 Å². The Hall–Kier alpha value is -3.02. The summed E-state index contributed by atoms with van der Waals surface area (Å²) in [6.45, 7) is 2.55. The molecule has 0 unspecified atom stereocenters. The number of hydrogen-bond donors (Lipinski definition) is 2. The first kappa shape index (κ1) is 20.7. The van der Waals surface area contributed by atoms with Gasteiger partial charge in [0.2, 0.25) is 11.8 Å². The molecule has 0 spiro atoms. The zero-order valence-electron chi connectivity index (χ0n) is 16.8. The van der Waals surface area contributed by atoms with E-state index >= 15 is 0 Å². The van der Waals surface area contributed by atoms with Crippen molar-refractivity contribution in [1.29, 1.82) is 0 Å². The number of nitrogens with one attached hydrogen (secondary N) is 2. The van der Waals surface area contributed by atoms with Gasteiger partial charge in [0.1, 0.15) is 17.2 Å². The molecule has 2 N–H and O–H groups in total. The lowest BCUT2D eigenvalue weighted by atomic mass is 9.89. The van der Waals surface area contributed by atoms with Gasteiger partial charge >= 0.3 is 0 Å². The lowest BCUT2D eigenvalue weighted by molar-refractivity contribution is -0.128. The van der Waals surface area contributed by atoms with E-state index in [2.05, 4.69) is 10.6 Å². The van der Waals surface area contributed by atoms with E-state index < -0.39 is 0 Å². The topological polar surface area (TPSA) is 76.7 Å². The van der Waals surface area contributed by atoms with Gasteiger partial charge in [-0.25, -0.2) is 0 Å². The largest absolute Gasteiger partial charge is 0.494 e. The summed E-state index contributed by atoms with van der Waals surface area (Å²) in [6, 6.07) is 14.5. The number of hydrogen-bond acceptors (Lipinski definition) is 4. The van der Waals surface area contributed by atoms with Gasteiger partial charge in [0.15, 0.2) is 0 Å². The van der Waals surface area contributed by atoms with E-state index in [-0.39, 0.29) is 24.3 Å². The monoisotopic (exact) mass is 396 g/mol. The molecule has 0 aromatic heterocycles. The Morgan fingerprint density at radius 3 is 2.10 bits per heavy atom. The van der Waals surface area contributed by atoms with E-state index in [4.69, 9.17) is 9.47 Å². The third-order valence-corrected chi connectivity index (χ3v) is 4.91. The second-order valence-corrected chi connectivity index (χ2v) is 7.13. The quantitative estimate of drug-likeness (QED) is 0.688. The number of amides is 2. The van der Waals surface area contributed by atoms with E-state index in [0.29, 0.717) is 23.8 Å². The van der Waals surface area contributed by atoms with Gasteiger partial charge in [-0.1, -0.05) is 19.3 Å². The fraction of sp³-hybridized carbons (Fsp3) is 0.391. The number of benzene rings is 2. The van der Waals surface area contributed by atoms with E-state index in [1.807, 2.05) is 31.2 Å². The first-order valence-corrected chi connectivity index (χ1v) is 10.2. The molecule has 6 nitrogen and oxygen atoms in total. The van der Waals surface area contributed by atoms with Gasteiger partial charge in [0.25, 0.3) is 0 Å². The second-order valence-electron chi connectivity index (χ2n) is 7.13. The van der Waals surface area contributed by atoms with Crippen molar-refractivity contribution in [3.05, 3.63) is 48.5 Å². The van der Waals surface area contributed by atoms with Gasteiger partial charge in [-0.15, -0.1) is 0 Å². The van der Waals surface area contributed by atoms with E-state index in [9.17, 15) is 9.59 Å². The minimum Gasteiger partial charge on any atom is -0.494 e. The van der Waals surface area contributed by atoms with Crippen LogP contribution in [0, 0.1) is 5.92 Å². The minimum atomic E-state index is -0.241. The molecule has 1 aliphatic rings. The SMILES string of the molecule is CCOc1ccc(Oc2ccc(NC(=O)CNC(=O)C3CCCCC3)cc2)cc1. The average Bonchev–Trinajstić information content (AvgIpc) is 2.75. The van der Waals surface area contributed by atoms with Crippen LogP contribution < -0.4 is 20.1 Å². The Morgan fingerprint density at radius 2 is 1.48 bits per heavy atom. The van der Waals surface area contributed by atoms with Crippen molar-refractivity contribution < 1.29 is 19.1 Å². The van der Waals surface area contributed by atoms with Crippen molar-refractivity contribution in [1.82, 2.24) is 5.32 Å². The van der Waals surface area contributed by atoms with Crippen molar-refractivity contribution in [2.24, 2.45) is 5.92 Å². The molecule has 1 aliphatic carbocycles. The van der Waals surface area contributed by atoms with Crippen LogP contribution in [-0.2, 0) is 9.59 Å². The predicted octanol–water partition coefficient (Wildman–Crippen LogP) is 4.51. The second kappa shape index (κ2) is 10.5. The summed E-state index contributed by atoms with van der Waals surface area (Å²) in [7, 11) is 0. The molecule has 3 rings (SSSR count). The van der Waals surface area contributed by atoms with Crippen molar-refractivity contribution >= 4 is 17.5 Å². The Morgan fingerprint density at radius 1 is 0.897 bits per heavy atom. The van der Waals surface area contributed by atoms with E-state index in [0.717, 1.165) is 31.4 Å². The molecule has 2 aromatic rings. The number of rotatable bonds is 8. The highest BCUT2D eigenvalue weighted by Gasteiger charge is 2.21. The fourth-order valence-corrected chi connectivity index (χ4v) is 3.39. The minimum absolute atomic E-state index is 0.0141. The molecule has 0 heterocycles. The maximum absolute atomic E-state index is 12.1. The van der Waals surface area contributed by atoms with Crippen molar-refractivity contribution in [2.45, 2.75) is 39.0 Å². The highest BCUT2D eigenvalue weighted by Crippen LogP contribution is 2.25. The Labute approximate surface area is 171 Å². The molecule has 0 atom stereocenters. The summed E-state index contributed by atoms with van der Waals surface area (Å²) in [6.07, 6.45) is 5.22. The molecule has 2 aromatic carbocycles. The van der Waals surface area contributed by atoms with Crippen molar-refractivity contribution in [3.8, 4) is 17.2 Å². The maximum Gasteiger partial charge on any atom is 0.243 e. The predicted molar refractivity (Wildman–Crippen MR) is 112 cm³/mol. The van der Waals surface area contributed by atoms with Gasteiger partial charge in [-0.05, 0) is 68.3 Å². The zero-order valence-corrected chi connectivity index (χ0v) is 16.8. The maximum atomic E-state index is 12.1. The van der Waals surface area contributed by atoms with Crippen LogP contribution in [0.4, 0.5) is 5.69 Å². The van der Waals surface area contributed by atoms with Crippen LogP contribution in [0.3, 0.4) is 0 Å². The van der Waals surface area contributed by atoms with Crippen LogP contribution in [0.25, 0.3) is 0 Å². The normalized spacial score (nSPS) is 14.1. The molecule has 2 amide bonds. The summed E-state index contributed by atoms with van der Waals surface area (Å²) >= 11 is 0. The molecular formula is C23H28N2O4. The smallest absolute Gasteiger partial charge is 0.243 e. The molecule has 0 aliphatic heterocycles. The highest BCUT2D eigenvalue weighted by molar-refractivity contribution is 5.94. The lowest BCUT2D eigenvalue weighted by Crippen LogP contribution is -2.37. The lowest BCUT2D eigenvalue weighted by Gasteiger charge is -2.20. The first-order chi connectivity index (χ1) is 14.1. The van der Waals surface area contributed by atoms with Crippen LogP contribution in [0.1, 0.15) is 39.0 Å². The van der Waals surface area contributed by atoms with Crippen LogP contribution in [-0.4, -0.2) is 25.0 Å². The third kappa shape index (κ3) is 6.52. The van der Waals surface area contributed by atoms with Crippen molar-refractivity contribution in [3.63, 3.8) is 0 Å². The van der Waals surface area contributed by atoms with Gasteiger partial charge in [-0.2, -0.15) is 0 Å². The van der Waals surface area contributed by atoms with Crippen LogP contribution >= 0.6 is 0 Å². The summed E-state index contributed by atoms with van der Waals surface area (Å²) in [5.74, 6) is 1.96. The zero-order chi connectivity index (χ0) is 20.5. The summed E-state index contributed by atoms with van der Waals surface area (Å²) in [4.78, 5) is 24.2. The van der Waals surface area contributed by atoms with E-state index in [1.165, 1.54) is 6.42 Å². The van der Waals surface area contributed by atoms with Gasteiger partial charge in [0.05, 0.1) is 13.2 Å². The van der Waals surface area contributed by atoms with Crippen LogP contribution in [0.2, 0.25) is 0 Å². The number of carbonyl (C=O) groups excluding carboxylic acids is 2. The number of carbonyl (C=O) groups is 2. The molecule has 1 saturated carbocycles. The first-order valence-electron chi connectivity index (χ1n) is 10.2. The summed E-state index contributed by atoms with van der Waals surface area (Å²) in [5.41, 5.74) is 0.654. The molecule has 6 heteroatoms. The molecular weight excluding hydrogens is 368 g/mol. The van der Waals surface area contributed by atoms with Gasteiger partial charge in [-0.3, -0.25) is 9.59 Å². The Bertz CT molecular complexity index is 797. The third-order valence-electron chi connectivity index (χ3n) is 4.91. The Balaban J connectivity index is 1.44. The molecule has 1 fully saturated rings. The molecule has 0 radical (unpaired) electrons. The highest BCUT2D eigenvalue weighted by atomic mass is 16.5. The van der Waals surface area contributed by atoms with Crippen molar-refractivity contribution in [2.75, 3.05) is 18.5 Å². The molecule has 0 saturated heterocycles. The molecule has 0 bridgehead atoms. The fourth-order valence-electron chi connectivity index (χ4n) is 3.39. The summed E-state index contributed by atoms with van der Waals surface area (Å²) < 4.78 is 11.2. The summed E-state index contributed by atoms with van der Waals surface area (Å²) in [5, 5.41) is 5.53. The Kier molecular flexibility index (Phi) is 7.50. The average molecular weight is 396 g/mol. The standard InChI is InChI=1S/C23H28N2O4/c1-2-28-19-12-14-21(15-13-19)29-20-10-8-18(9-11-20)25-22(26)16-24-23(27)17-6-4-3-5-7-17/h8-15,17H,2-7,16H2,1H3,(H,24,27)(H,25,26).